The maximum Gasteiger partial charge on any atom is 0.313 e. The van der Waals surface area contributed by atoms with Crippen molar-refractivity contribution < 1.29 is 9.53 Å². The standard InChI is InChI=1S/C23H21N3O2S/c1-3-28-20(27)13-19-25-22(24-17-11-9-15(2)10-12-17)21-18(14-29-23(21)26-19)16-7-5-4-6-8-16/h4-12,14H,3,13H2,1-2H3,(H,24,25,26). The van der Waals surface area contributed by atoms with E-state index in [2.05, 4.69) is 39.7 Å². The van der Waals surface area contributed by atoms with Crippen molar-refractivity contribution in [2.45, 2.75) is 20.3 Å². The van der Waals surface area contributed by atoms with E-state index in [9.17, 15) is 4.79 Å². The van der Waals surface area contributed by atoms with Gasteiger partial charge in [-0.1, -0.05) is 48.0 Å². The van der Waals surface area contributed by atoms with Gasteiger partial charge in [-0.3, -0.25) is 4.79 Å². The molecule has 2 heterocycles. The number of hydrogen-bond acceptors (Lipinski definition) is 6. The summed E-state index contributed by atoms with van der Waals surface area (Å²) < 4.78 is 5.07. The van der Waals surface area contributed by atoms with Crippen molar-refractivity contribution in [3.63, 3.8) is 0 Å². The van der Waals surface area contributed by atoms with Crippen molar-refractivity contribution in [3.8, 4) is 11.1 Å². The SMILES string of the molecule is CCOC(=O)Cc1nc(Nc2ccc(C)cc2)c2c(-c3ccccc3)csc2n1. The van der Waals surface area contributed by atoms with E-state index in [0.29, 0.717) is 18.2 Å². The van der Waals surface area contributed by atoms with Crippen LogP contribution in [0.4, 0.5) is 11.5 Å². The number of esters is 1. The van der Waals surface area contributed by atoms with E-state index in [0.717, 1.165) is 27.0 Å². The summed E-state index contributed by atoms with van der Waals surface area (Å²) in [6.45, 7) is 4.18. The summed E-state index contributed by atoms with van der Waals surface area (Å²) in [6, 6.07) is 18.3. The summed E-state index contributed by atoms with van der Waals surface area (Å²) in [6.07, 6.45) is 0.0466. The Hall–Kier alpha value is -3.25. The smallest absolute Gasteiger partial charge is 0.313 e. The van der Waals surface area contributed by atoms with Gasteiger partial charge in [0.2, 0.25) is 0 Å². The molecule has 0 saturated carbocycles. The summed E-state index contributed by atoms with van der Waals surface area (Å²) in [4.78, 5) is 22.1. The average molecular weight is 404 g/mol. The van der Waals surface area contributed by atoms with E-state index >= 15 is 0 Å². The third-order valence-corrected chi connectivity index (χ3v) is 5.36. The highest BCUT2D eigenvalue weighted by Gasteiger charge is 2.17. The van der Waals surface area contributed by atoms with Gasteiger partial charge in [0.15, 0.2) is 0 Å². The largest absolute Gasteiger partial charge is 0.466 e. The lowest BCUT2D eigenvalue weighted by Crippen LogP contribution is -2.11. The molecule has 4 aromatic rings. The number of rotatable bonds is 6. The van der Waals surface area contributed by atoms with Crippen LogP contribution in [0.15, 0.2) is 60.0 Å². The Morgan fingerprint density at radius 2 is 1.83 bits per heavy atom. The van der Waals surface area contributed by atoms with Crippen LogP contribution < -0.4 is 5.32 Å². The molecule has 0 bridgehead atoms. The lowest BCUT2D eigenvalue weighted by Gasteiger charge is -2.11. The van der Waals surface area contributed by atoms with Crippen molar-refractivity contribution in [3.05, 3.63) is 71.4 Å². The molecule has 6 heteroatoms. The van der Waals surface area contributed by atoms with Gasteiger partial charge in [-0.25, -0.2) is 9.97 Å². The topological polar surface area (TPSA) is 64.1 Å². The van der Waals surface area contributed by atoms with Gasteiger partial charge in [0.05, 0.1) is 12.0 Å². The molecule has 0 aliphatic heterocycles. The molecule has 2 aromatic heterocycles. The third-order valence-electron chi connectivity index (χ3n) is 4.49. The minimum absolute atomic E-state index is 0.0466. The second-order valence-corrected chi connectivity index (χ2v) is 7.51. The first-order chi connectivity index (χ1) is 14.1. The van der Waals surface area contributed by atoms with Crippen LogP contribution in [-0.2, 0) is 16.0 Å². The van der Waals surface area contributed by atoms with Gasteiger partial charge in [-0.05, 0) is 31.5 Å². The van der Waals surface area contributed by atoms with Crippen molar-refractivity contribution >= 4 is 39.0 Å². The van der Waals surface area contributed by atoms with Gasteiger partial charge >= 0.3 is 5.97 Å². The van der Waals surface area contributed by atoms with E-state index < -0.39 is 0 Å². The molecule has 146 valence electrons. The van der Waals surface area contributed by atoms with Crippen molar-refractivity contribution in [1.29, 1.82) is 0 Å². The van der Waals surface area contributed by atoms with Gasteiger partial charge in [0.1, 0.15) is 22.9 Å². The molecule has 4 rings (SSSR count). The van der Waals surface area contributed by atoms with Crippen molar-refractivity contribution in [2.75, 3.05) is 11.9 Å². The molecular formula is C23H21N3O2S. The molecule has 0 radical (unpaired) electrons. The van der Waals surface area contributed by atoms with Crippen LogP contribution in [0.2, 0.25) is 0 Å². The molecule has 29 heavy (non-hydrogen) atoms. The van der Waals surface area contributed by atoms with E-state index in [4.69, 9.17) is 4.74 Å². The first kappa shape index (κ1) is 19.1. The molecule has 0 aliphatic rings. The number of carbonyl (C=O) groups is 1. The maximum atomic E-state index is 12.0. The molecule has 2 aromatic carbocycles. The lowest BCUT2D eigenvalue weighted by molar-refractivity contribution is -0.142. The van der Waals surface area contributed by atoms with Crippen LogP contribution in [0.25, 0.3) is 21.3 Å². The minimum Gasteiger partial charge on any atom is -0.466 e. The zero-order valence-corrected chi connectivity index (χ0v) is 17.1. The molecule has 0 saturated heterocycles. The summed E-state index contributed by atoms with van der Waals surface area (Å²) >= 11 is 1.55. The number of aryl methyl sites for hydroxylation is 1. The molecule has 0 atom stereocenters. The molecule has 5 nitrogen and oxygen atoms in total. The normalized spacial score (nSPS) is 10.8. The Labute approximate surface area is 173 Å². The Kier molecular flexibility index (Phi) is 5.53. The van der Waals surface area contributed by atoms with E-state index in [1.165, 1.54) is 5.56 Å². The van der Waals surface area contributed by atoms with Gasteiger partial charge < -0.3 is 10.1 Å². The number of carbonyl (C=O) groups excluding carboxylic acids is 1. The monoisotopic (exact) mass is 403 g/mol. The van der Waals surface area contributed by atoms with Gasteiger partial charge in [-0.2, -0.15) is 0 Å². The number of hydrogen-bond donors (Lipinski definition) is 1. The molecule has 0 aliphatic carbocycles. The highest BCUT2D eigenvalue weighted by molar-refractivity contribution is 7.17. The zero-order chi connectivity index (χ0) is 20.2. The third kappa shape index (κ3) is 4.27. The fourth-order valence-electron chi connectivity index (χ4n) is 3.10. The van der Waals surface area contributed by atoms with E-state index in [1.807, 2.05) is 42.5 Å². The fourth-order valence-corrected chi connectivity index (χ4v) is 4.07. The molecule has 0 fully saturated rings. The summed E-state index contributed by atoms with van der Waals surface area (Å²) in [5, 5.41) is 6.46. The Bertz CT molecular complexity index is 1140. The number of nitrogens with zero attached hydrogens (tertiary/aromatic N) is 2. The average Bonchev–Trinajstić information content (AvgIpc) is 3.15. The molecular weight excluding hydrogens is 382 g/mol. The number of nitrogens with one attached hydrogen (secondary N) is 1. The molecule has 0 spiro atoms. The maximum absolute atomic E-state index is 12.0. The predicted octanol–water partition coefficient (Wildman–Crippen LogP) is 5.52. The van der Waals surface area contributed by atoms with Crippen LogP contribution in [-0.4, -0.2) is 22.5 Å². The zero-order valence-electron chi connectivity index (χ0n) is 16.3. The quantitative estimate of drug-likeness (QED) is 0.430. The highest BCUT2D eigenvalue weighted by atomic mass is 32.1. The Balaban J connectivity index is 1.82. The van der Waals surface area contributed by atoms with Crippen molar-refractivity contribution in [1.82, 2.24) is 9.97 Å². The van der Waals surface area contributed by atoms with Crippen LogP contribution >= 0.6 is 11.3 Å². The number of fused-ring (bicyclic) bond motifs is 1. The first-order valence-electron chi connectivity index (χ1n) is 9.47. The molecule has 1 N–H and O–H groups in total. The summed E-state index contributed by atoms with van der Waals surface area (Å²) in [5.41, 5.74) is 4.30. The predicted molar refractivity (Wildman–Crippen MR) is 118 cm³/mol. The highest BCUT2D eigenvalue weighted by Crippen LogP contribution is 2.38. The number of aromatic nitrogens is 2. The number of thiophene rings is 1. The van der Waals surface area contributed by atoms with E-state index in [-0.39, 0.29) is 12.4 Å². The van der Waals surface area contributed by atoms with Crippen molar-refractivity contribution in [2.24, 2.45) is 0 Å². The van der Waals surface area contributed by atoms with E-state index in [1.54, 1.807) is 18.3 Å². The van der Waals surface area contributed by atoms with Gasteiger partial charge in [0, 0.05) is 16.6 Å². The second kappa shape index (κ2) is 8.41. The number of anilines is 2. The lowest BCUT2D eigenvalue weighted by atomic mass is 10.1. The number of benzene rings is 2. The summed E-state index contributed by atoms with van der Waals surface area (Å²) in [5.74, 6) is 0.818. The first-order valence-corrected chi connectivity index (χ1v) is 10.3. The fraction of sp³-hybridized carbons (Fsp3) is 0.174. The summed E-state index contributed by atoms with van der Waals surface area (Å²) in [7, 11) is 0. The number of ether oxygens (including phenoxy) is 1. The Morgan fingerprint density at radius 1 is 1.07 bits per heavy atom. The van der Waals surface area contributed by atoms with Gasteiger partial charge in [0.25, 0.3) is 0 Å². The van der Waals surface area contributed by atoms with Gasteiger partial charge in [-0.15, -0.1) is 11.3 Å². The van der Waals surface area contributed by atoms with Crippen LogP contribution in [0.5, 0.6) is 0 Å². The minimum atomic E-state index is -0.326. The molecule has 0 amide bonds. The van der Waals surface area contributed by atoms with Crippen LogP contribution in [0.3, 0.4) is 0 Å². The Morgan fingerprint density at radius 3 is 2.55 bits per heavy atom. The molecule has 0 unspecified atom stereocenters. The second-order valence-electron chi connectivity index (χ2n) is 6.66. The van der Waals surface area contributed by atoms with Crippen LogP contribution in [0, 0.1) is 6.92 Å². The van der Waals surface area contributed by atoms with Crippen LogP contribution in [0.1, 0.15) is 18.3 Å².